The molecule has 0 amide bonds. The van der Waals surface area contributed by atoms with E-state index in [0.717, 1.165) is 6.54 Å². The molecule has 0 saturated carbocycles. The van der Waals surface area contributed by atoms with Gasteiger partial charge in [-0.3, -0.25) is 4.90 Å². The van der Waals surface area contributed by atoms with Gasteiger partial charge in [-0.25, -0.2) is 0 Å². The van der Waals surface area contributed by atoms with Crippen LogP contribution < -0.4 is 0 Å². The van der Waals surface area contributed by atoms with Crippen molar-refractivity contribution < 1.29 is 0 Å². The number of hydrogen-bond donors (Lipinski definition) is 0. The molecule has 0 aliphatic carbocycles. The third-order valence-corrected chi connectivity index (χ3v) is 4.24. The van der Waals surface area contributed by atoms with Gasteiger partial charge < -0.3 is 0 Å². The largest absolute Gasteiger partial charge is 0.299 e. The molecular formula is C19H23N. The Balaban J connectivity index is 1.80. The van der Waals surface area contributed by atoms with Crippen molar-refractivity contribution in [2.45, 2.75) is 32.7 Å². The molecule has 0 unspecified atom stereocenters. The molecule has 0 spiro atoms. The minimum absolute atomic E-state index is 1.10. The quantitative estimate of drug-likeness (QED) is 0.781. The fraction of sp³-hybridized carbons (Fsp3) is 0.368. The Hall–Kier alpha value is -1.60. The highest BCUT2D eigenvalue weighted by atomic mass is 15.1. The summed E-state index contributed by atoms with van der Waals surface area (Å²) in [7, 11) is 0. The third kappa shape index (κ3) is 3.10. The Bertz CT molecular complexity index is 567. The SMILES string of the molecule is Cc1ccccc1-c1cccc(CN2CCCCC2)c1. The molecule has 0 radical (unpaired) electrons. The van der Waals surface area contributed by atoms with Crippen LogP contribution in [0.4, 0.5) is 0 Å². The van der Waals surface area contributed by atoms with Gasteiger partial charge in [0, 0.05) is 6.54 Å². The Morgan fingerprint density at radius 2 is 1.70 bits per heavy atom. The highest BCUT2D eigenvalue weighted by molar-refractivity contribution is 5.67. The lowest BCUT2D eigenvalue weighted by molar-refractivity contribution is 0.221. The van der Waals surface area contributed by atoms with E-state index < -0.39 is 0 Å². The number of piperidine rings is 1. The minimum Gasteiger partial charge on any atom is -0.299 e. The Morgan fingerprint density at radius 3 is 2.50 bits per heavy atom. The first kappa shape index (κ1) is 13.4. The summed E-state index contributed by atoms with van der Waals surface area (Å²) in [5.74, 6) is 0. The van der Waals surface area contributed by atoms with Crippen molar-refractivity contribution in [2.75, 3.05) is 13.1 Å². The van der Waals surface area contributed by atoms with Crippen LogP contribution in [0.5, 0.6) is 0 Å². The molecule has 3 rings (SSSR count). The van der Waals surface area contributed by atoms with Gasteiger partial charge in [0.15, 0.2) is 0 Å². The van der Waals surface area contributed by atoms with Crippen LogP contribution >= 0.6 is 0 Å². The lowest BCUT2D eigenvalue weighted by atomic mass is 9.98. The van der Waals surface area contributed by atoms with Gasteiger partial charge >= 0.3 is 0 Å². The molecule has 2 aromatic carbocycles. The summed E-state index contributed by atoms with van der Waals surface area (Å²) in [6.07, 6.45) is 4.12. The zero-order chi connectivity index (χ0) is 13.8. The molecule has 0 N–H and O–H groups in total. The highest BCUT2D eigenvalue weighted by Crippen LogP contribution is 2.24. The van der Waals surface area contributed by atoms with Crippen LogP contribution in [-0.4, -0.2) is 18.0 Å². The predicted molar refractivity (Wildman–Crippen MR) is 85.7 cm³/mol. The second kappa shape index (κ2) is 6.23. The maximum absolute atomic E-state index is 2.58. The Morgan fingerprint density at radius 1 is 0.900 bits per heavy atom. The van der Waals surface area contributed by atoms with Gasteiger partial charge in [0.1, 0.15) is 0 Å². The number of rotatable bonds is 3. The summed E-state index contributed by atoms with van der Waals surface area (Å²) >= 11 is 0. The number of benzene rings is 2. The van der Waals surface area contributed by atoms with Gasteiger partial charge in [-0.05, 0) is 61.2 Å². The molecule has 1 saturated heterocycles. The zero-order valence-electron chi connectivity index (χ0n) is 12.3. The molecule has 1 heteroatoms. The second-order valence-electron chi connectivity index (χ2n) is 5.85. The first-order chi connectivity index (χ1) is 9.83. The number of hydrogen-bond acceptors (Lipinski definition) is 1. The third-order valence-electron chi connectivity index (χ3n) is 4.24. The molecule has 1 aliphatic rings. The van der Waals surface area contributed by atoms with Crippen LogP contribution in [-0.2, 0) is 6.54 Å². The van der Waals surface area contributed by atoms with Gasteiger partial charge in [-0.1, -0.05) is 48.9 Å². The van der Waals surface area contributed by atoms with Gasteiger partial charge in [0.2, 0.25) is 0 Å². The van der Waals surface area contributed by atoms with Crippen molar-refractivity contribution in [1.29, 1.82) is 0 Å². The van der Waals surface area contributed by atoms with Crippen LogP contribution in [0, 0.1) is 6.92 Å². The van der Waals surface area contributed by atoms with Crippen molar-refractivity contribution in [3.8, 4) is 11.1 Å². The van der Waals surface area contributed by atoms with Crippen molar-refractivity contribution in [1.82, 2.24) is 4.90 Å². The van der Waals surface area contributed by atoms with E-state index in [1.54, 1.807) is 0 Å². The summed E-state index contributed by atoms with van der Waals surface area (Å²) in [6, 6.07) is 17.7. The molecule has 2 aromatic rings. The van der Waals surface area contributed by atoms with Gasteiger partial charge in [0.05, 0.1) is 0 Å². The molecule has 0 atom stereocenters. The molecule has 1 aliphatic heterocycles. The Kier molecular flexibility index (Phi) is 4.17. The van der Waals surface area contributed by atoms with Crippen molar-refractivity contribution in [3.05, 3.63) is 59.7 Å². The van der Waals surface area contributed by atoms with E-state index in [9.17, 15) is 0 Å². The molecular weight excluding hydrogens is 242 g/mol. The predicted octanol–water partition coefficient (Wildman–Crippen LogP) is 4.65. The highest BCUT2D eigenvalue weighted by Gasteiger charge is 2.10. The second-order valence-corrected chi connectivity index (χ2v) is 5.85. The van der Waals surface area contributed by atoms with Crippen LogP contribution in [0.2, 0.25) is 0 Å². The van der Waals surface area contributed by atoms with Gasteiger partial charge in [-0.2, -0.15) is 0 Å². The van der Waals surface area contributed by atoms with Crippen molar-refractivity contribution in [3.63, 3.8) is 0 Å². The number of aryl methyl sites for hydroxylation is 1. The summed E-state index contributed by atoms with van der Waals surface area (Å²) in [5, 5.41) is 0. The smallest absolute Gasteiger partial charge is 0.0233 e. The molecule has 1 nitrogen and oxygen atoms in total. The zero-order valence-corrected chi connectivity index (χ0v) is 12.3. The molecule has 0 aromatic heterocycles. The molecule has 1 fully saturated rings. The Labute approximate surface area is 122 Å². The molecule has 104 valence electrons. The first-order valence-electron chi connectivity index (χ1n) is 7.70. The number of likely N-dealkylation sites (tertiary alicyclic amines) is 1. The lowest BCUT2D eigenvalue weighted by Crippen LogP contribution is -2.29. The minimum atomic E-state index is 1.10. The maximum atomic E-state index is 2.58. The van der Waals surface area contributed by atoms with E-state index in [2.05, 4.69) is 60.4 Å². The van der Waals surface area contributed by atoms with Crippen molar-refractivity contribution in [2.24, 2.45) is 0 Å². The summed E-state index contributed by atoms with van der Waals surface area (Å²) in [5.41, 5.74) is 5.49. The molecule has 20 heavy (non-hydrogen) atoms. The fourth-order valence-corrected chi connectivity index (χ4v) is 3.11. The van der Waals surface area contributed by atoms with E-state index in [4.69, 9.17) is 0 Å². The summed E-state index contributed by atoms with van der Waals surface area (Å²) in [4.78, 5) is 2.58. The van der Waals surface area contributed by atoms with Crippen LogP contribution in [0.15, 0.2) is 48.5 Å². The molecule has 1 heterocycles. The monoisotopic (exact) mass is 265 g/mol. The maximum Gasteiger partial charge on any atom is 0.0233 e. The lowest BCUT2D eigenvalue weighted by Gasteiger charge is -2.26. The van der Waals surface area contributed by atoms with Crippen LogP contribution in [0.25, 0.3) is 11.1 Å². The topological polar surface area (TPSA) is 3.24 Å². The van der Waals surface area contributed by atoms with E-state index in [0.29, 0.717) is 0 Å². The normalized spacial score (nSPS) is 16.2. The van der Waals surface area contributed by atoms with E-state index in [-0.39, 0.29) is 0 Å². The van der Waals surface area contributed by atoms with Gasteiger partial charge in [0.25, 0.3) is 0 Å². The number of nitrogens with zero attached hydrogens (tertiary/aromatic N) is 1. The summed E-state index contributed by atoms with van der Waals surface area (Å²) < 4.78 is 0. The van der Waals surface area contributed by atoms with Crippen LogP contribution in [0.3, 0.4) is 0 Å². The molecule has 0 bridgehead atoms. The van der Waals surface area contributed by atoms with Crippen molar-refractivity contribution >= 4 is 0 Å². The van der Waals surface area contributed by atoms with E-state index in [1.807, 2.05) is 0 Å². The fourth-order valence-electron chi connectivity index (χ4n) is 3.11. The standard InChI is InChI=1S/C19H23N/c1-16-8-3-4-11-19(16)18-10-7-9-17(14-18)15-20-12-5-2-6-13-20/h3-4,7-11,14H,2,5-6,12-13,15H2,1H3. The summed E-state index contributed by atoms with van der Waals surface area (Å²) in [6.45, 7) is 5.80. The van der Waals surface area contributed by atoms with E-state index in [1.165, 1.54) is 54.6 Å². The average molecular weight is 265 g/mol. The van der Waals surface area contributed by atoms with Gasteiger partial charge in [-0.15, -0.1) is 0 Å². The average Bonchev–Trinajstić information content (AvgIpc) is 2.49. The van der Waals surface area contributed by atoms with E-state index >= 15 is 0 Å². The first-order valence-corrected chi connectivity index (χ1v) is 7.70. The van der Waals surface area contributed by atoms with Crippen LogP contribution in [0.1, 0.15) is 30.4 Å².